The summed E-state index contributed by atoms with van der Waals surface area (Å²) >= 11 is 0. The summed E-state index contributed by atoms with van der Waals surface area (Å²) in [5.41, 5.74) is 0. The van der Waals surface area contributed by atoms with Crippen LogP contribution in [0.5, 0.6) is 0 Å². The summed E-state index contributed by atoms with van der Waals surface area (Å²) in [7, 11) is 0. The van der Waals surface area contributed by atoms with E-state index in [1.165, 1.54) is 0 Å². The van der Waals surface area contributed by atoms with E-state index >= 15 is 0 Å². The van der Waals surface area contributed by atoms with Crippen molar-refractivity contribution >= 4 is 35.0 Å². The molecule has 4 N–H and O–H groups in total. The third-order valence-electron chi connectivity index (χ3n) is 0.355. The quantitative estimate of drug-likeness (QED) is 0.305. The van der Waals surface area contributed by atoms with Gasteiger partial charge in [-0.3, -0.25) is 0 Å². The van der Waals surface area contributed by atoms with Crippen molar-refractivity contribution in [3.05, 3.63) is 12.2 Å². The van der Waals surface area contributed by atoms with Crippen LogP contribution in [0.2, 0.25) is 0 Å². The first kappa shape index (κ1) is 22.4. The molecule has 0 fully saturated rings. The molecule has 0 atom stereocenters. The molecule has 0 rings (SSSR count). The SMILES string of the molecule is O.O.O=C([O-])/C=C/C(=O)[O-].[Mg+2]. The van der Waals surface area contributed by atoms with Gasteiger partial charge < -0.3 is 30.8 Å². The van der Waals surface area contributed by atoms with E-state index in [1.54, 1.807) is 0 Å². The Morgan fingerprint density at radius 1 is 0.909 bits per heavy atom. The van der Waals surface area contributed by atoms with Gasteiger partial charge in [0.05, 0.1) is 11.9 Å². The van der Waals surface area contributed by atoms with Crippen LogP contribution in [0.15, 0.2) is 12.2 Å². The van der Waals surface area contributed by atoms with Gasteiger partial charge in [0.1, 0.15) is 0 Å². The van der Waals surface area contributed by atoms with Crippen molar-refractivity contribution < 1.29 is 30.8 Å². The molecule has 0 aliphatic rings. The maximum absolute atomic E-state index is 9.41. The fourth-order valence-electron chi connectivity index (χ4n) is 0.136. The van der Waals surface area contributed by atoms with E-state index in [9.17, 15) is 19.8 Å². The van der Waals surface area contributed by atoms with Crippen LogP contribution in [0.1, 0.15) is 0 Å². The minimum atomic E-state index is -1.55. The van der Waals surface area contributed by atoms with Gasteiger partial charge in [-0.25, -0.2) is 0 Å². The Hall–Kier alpha value is -0.634. The number of aliphatic carboxylic acids is 2. The first-order chi connectivity index (χ1) is 3.63. The van der Waals surface area contributed by atoms with Crippen LogP contribution in [-0.4, -0.2) is 45.9 Å². The molecule has 7 heteroatoms. The first-order valence-electron chi connectivity index (χ1n) is 1.73. The van der Waals surface area contributed by atoms with Crippen LogP contribution in [0.25, 0.3) is 0 Å². The van der Waals surface area contributed by atoms with Gasteiger partial charge >= 0.3 is 23.1 Å². The van der Waals surface area contributed by atoms with Crippen LogP contribution in [0, 0.1) is 0 Å². The third kappa shape index (κ3) is 26.7. The Morgan fingerprint density at radius 2 is 1.09 bits per heavy atom. The van der Waals surface area contributed by atoms with Gasteiger partial charge in [-0.05, 0) is 12.2 Å². The van der Waals surface area contributed by atoms with Crippen LogP contribution in [0.4, 0.5) is 0 Å². The molecule has 0 unspecified atom stereocenters. The fourth-order valence-corrected chi connectivity index (χ4v) is 0.136. The van der Waals surface area contributed by atoms with Crippen molar-refractivity contribution in [1.82, 2.24) is 0 Å². The largest absolute Gasteiger partial charge is 2.00 e. The molecule has 11 heavy (non-hydrogen) atoms. The van der Waals surface area contributed by atoms with Crippen molar-refractivity contribution in [2.45, 2.75) is 0 Å². The zero-order chi connectivity index (χ0) is 6.57. The Labute approximate surface area is 78.3 Å². The van der Waals surface area contributed by atoms with E-state index in [2.05, 4.69) is 0 Å². The molecule has 0 spiro atoms. The predicted octanol–water partition coefficient (Wildman–Crippen LogP) is -4.99. The van der Waals surface area contributed by atoms with Crippen LogP contribution < -0.4 is 10.2 Å². The predicted molar refractivity (Wildman–Crippen MR) is 32.1 cm³/mol. The van der Waals surface area contributed by atoms with Gasteiger partial charge in [-0.2, -0.15) is 0 Å². The van der Waals surface area contributed by atoms with E-state index in [-0.39, 0.29) is 34.0 Å². The number of rotatable bonds is 2. The van der Waals surface area contributed by atoms with Crippen LogP contribution in [-0.2, 0) is 9.59 Å². The molecule has 0 aliphatic heterocycles. The normalized spacial score (nSPS) is 6.91. The maximum atomic E-state index is 9.41. The summed E-state index contributed by atoms with van der Waals surface area (Å²) in [5, 5.41) is 18.8. The molecule has 0 aromatic carbocycles. The van der Waals surface area contributed by atoms with Crippen molar-refractivity contribution in [3.8, 4) is 0 Å². The van der Waals surface area contributed by atoms with Crippen LogP contribution >= 0.6 is 0 Å². The molecular weight excluding hydrogens is 168 g/mol. The Morgan fingerprint density at radius 3 is 1.18 bits per heavy atom. The monoisotopic (exact) mass is 174 g/mol. The van der Waals surface area contributed by atoms with Crippen molar-refractivity contribution in [2.24, 2.45) is 0 Å². The summed E-state index contributed by atoms with van der Waals surface area (Å²) in [5.74, 6) is -3.09. The number of carboxylic acids is 2. The van der Waals surface area contributed by atoms with E-state index < -0.39 is 11.9 Å². The minimum Gasteiger partial charge on any atom is -0.545 e. The maximum Gasteiger partial charge on any atom is 2.00 e. The number of carbonyl (C=O) groups is 2. The summed E-state index contributed by atoms with van der Waals surface area (Å²) in [6.45, 7) is 0. The van der Waals surface area contributed by atoms with Gasteiger partial charge in [0.2, 0.25) is 0 Å². The number of hydrogen-bond donors (Lipinski definition) is 0. The molecule has 6 nitrogen and oxygen atoms in total. The Bertz CT molecular complexity index is 126. The fraction of sp³-hybridized carbons (Fsp3) is 0. The average Bonchev–Trinajstić information content (AvgIpc) is 1.61. The summed E-state index contributed by atoms with van der Waals surface area (Å²) in [6.07, 6.45) is 0.769. The van der Waals surface area contributed by atoms with Gasteiger partial charge in [0.15, 0.2) is 0 Å². The second-order valence-corrected chi connectivity index (χ2v) is 0.971. The zero-order valence-electron chi connectivity index (χ0n) is 5.49. The third-order valence-corrected chi connectivity index (χ3v) is 0.355. The summed E-state index contributed by atoms with van der Waals surface area (Å²) in [6, 6.07) is 0. The van der Waals surface area contributed by atoms with E-state index in [0.29, 0.717) is 12.2 Å². The summed E-state index contributed by atoms with van der Waals surface area (Å²) < 4.78 is 0. The molecule has 0 aliphatic carbocycles. The number of carbonyl (C=O) groups excluding carboxylic acids is 2. The Kier molecular flexibility index (Phi) is 24.6. The topological polar surface area (TPSA) is 143 Å². The van der Waals surface area contributed by atoms with E-state index in [1.807, 2.05) is 0 Å². The van der Waals surface area contributed by atoms with Gasteiger partial charge in [-0.1, -0.05) is 0 Å². The molecule has 0 amide bonds. The molecule has 0 aromatic heterocycles. The molecule has 0 bridgehead atoms. The first-order valence-corrected chi connectivity index (χ1v) is 1.73. The Balaban J connectivity index is -0.0000000817. The van der Waals surface area contributed by atoms with Crippen molar-refractivity contribution in [3.63, 3.8) is 0 Å². The van der Waals surface area contributed by atoms with Crippen LogP contribution in [0.3, 0.4) is 0 Å². The standard InChI is InChI=1S/C4H4O4.Mg.2H2O/c5-3(6)1-2-4(7)8;;;/h1-2H,(H,5,6)(H,7,8);;2*1H2/q;+2;;/p-2/b2-1+;;;. The zero-order valence-corrected chi connectivity index (χ0v) is 6.91. The smallest absolute Gasteiger partial charge is 0.545 e. The molecule has 0 saturated carbocycles. The minimum absolute atomic E-state index is 0. The van der Waals surface area contributed by atoms with Gasteiger partial charge in [0.25, 0.3) is 0 Å². The molecule has 60 valence electrons. The number of hydrogen-bond acceptors (Lipinski definition) is 4. The van der Waals surface area contributed by atoms with Gasteiger partial charge in [0, 0.05) is 0 Å². The molecule has 0 radical (unpaired) electrons. The molecular formula is C4H6MgO6. The van der Waals surface area contributed by atoms with Crippen molar-refractivity contribution in [2.75, 3.05) is 0 Å². The van der Waals surface area contributed by atoms with E-state index in [4.69, 9.17) is 0 Å². The molecule has 0 heterocycles. The second kappa shape index (κ2) is 12.1. The average molecular weight is 174 g/mol. The molecule has 0 aromatic rings. The van der Waals surface area contributed by atoms with Crippen molar-refractivity contribution in [1.29, 1.82) is 0 Å². The van der Waals surface area contributed by atoms with E-state index in [0.717, 1.165) is 0 Å². The number of carboxylic acid groups (broad SMARTS) is 2. The second-order valence-electron chi connectivity index (χ2n) is 0.971. The van der Waals surface area contributed by atoms with Gasteiger partial charge in [-0.15, -0.1) is 0 Å². The summed E-state index contributed by atoms with van der Waals surface area (Å²) in [4.78, 5) is 18.8. The molecule has 0 saturated heterocycles.